The van der Waals surface area contributed by atoms with Crippen molar-refractivity contribution < 1.29 is 14.7 Å². The SMILES string of the molecule is CC(C)C(=O)Nc1ccc(NC(=O)C2CC(O)CN2)cc1. The Morgan fingerprint density at radius 1 is 1.19 bits per heavy atom. The lowest BCUT2D eigenvalue weighted by molar-refractivity contribution is -0.119. The van der Waals surface area contributed by atoms with E-state index in [1.807, 2.05) is 13.8 Å². The van der Waals surface area contributed by atoms with Gasteiger partial charge in [-0.05, 0) is 30.7 Å². The van der Waals surface area contributed by atoms with E-state index in [0.717, 1.165) is 0 Å². The molecule has 1 saturated heterocycles. The lowest BCUT2D eigenvalue weighted by Gasteiger charge is -2.12. The van der Waals surface area contributed by atoms with Crippen LogP contribution in [0.25, 0.3) is 0 Å². The average Bonchev–Trinajstić information content (AvgIpc) is 2.87. The van der Waals surface area contributed by atoms with Crippen LogP contribution in [0.4, 0.5) is 11.4 Å². The molecular weight excluding hydrogens is 270 g/mol. The summed E-state index contributed by atoms with van der Waals surface area (Å²) in [6, 6.07) is 6.60. The van der Waals surface area contributed by atoms with Crippen molar-refractivity contribution in [2.75, 3.05) is 17.2 Å². The van der Waals surface area contributed by atoms with Crippen molar-refractivity contribution in [2.45, 2.75) is 32.4 Å². The van der Waals surface area contributed by atoms with Crippen molar-refractivity contribution in [1.82, 2.24) is 5.32 Å². The van der Waals surface area contributed by atoms with E-state index >= 15 is 0 Å². The molecule has 0 spiro atoms. The number of carbonyl (C=O) groups is 2. The molecule has 114 valence electrons. The first-order valence-electron chi connectivity index (χ1n) is 7.09. The second-order valence-corrected chi connectivity index (χ2v) is 5.56. The molecule has 21 heavy (non-hydrogen) atoms. The van der Waals surface area contributed by atoms with Gasteiger partial charge in [-0.2, -0.15) is 0 Å². The minimum absolute atomic E-state index is 0.0454. The Kier molecular flexibility index (Phi) is 4.93. The molecule has 1 fully saturated rings. The fourth-order valence-electron chi connectivity index (χ4n) is 2.07. The molecule has 1 aromatic carbocycles. The summed E-state index contributed by atoms with van der Waals surface area (Å²) >= 11 is 0. The first kappa shape index (κ1) is 15.5. The van der Waals surface area contributed by atoms with Gasteiger partial charge >= 0.3 is 0 Å². The summed E-state index contributed by atoms with van der Waals surface area (Å²) in [5.74, 6) is -0.286. The molecule has 0 aliphatic carbocycles. The lowest BCUT2D eigenvalue weighted by atomic mass is 10.2. The van der Waals surface area contributed by atoms with Crippen LogP contribution < -0.4 is 16.0 Å². The fourth-order valence-corrected chi connectivity index (χ4v) is 2.07. The Balaban J connectivity index is 1.90. The van der Waals surface area contributed by atoms with E-state index in [1.165, 1.54) is 0 Å². The van der Waals surface area contributed by atoms with E-state index in [4.69, 9.17) is 0 Å². The standard InChI is InChI=1S/C15H21N3O3/c1-9(2)14(20)17-10-3-5-11(6-4-10)18-15(21)13-7-12(19)8-16-13/h3-6,9,12-13,16,19H,7-8H2,1-2H3,(H,17,20)(H,18,21). The average molecular weight is 291 g/mol. The smallest absolute Gasteiger partial charge is 0.241 e. The highest BCUT2D eigenvalue weighted by Gasteiger charge is 2.27. The van der Waals surface area contributed by atoms with Crippen LogP contribution in [-0.4, -0.2) is 35.6 Å². The summed E-state index contributed by atoms with van der Waals surface area (Å²) in [7, 11) is 0. The van der Waals surface area contributed by atoms with Gasteiger partial charge in [-0.25, -0.2) is 0 Å². The molecule has 4 N–H and O–H groups in total. The molecule has 0 radical (unpaired) electrons. The zero-order valence-electron chi connectivity index (χ0n) is 12.2. The second kappa shape index (κ2) is 6.69. The predicted octanol–water partition coefficient (Wildman–Crippen LogP) is 0.942. The van der Waals surface area contributed by atoms with Gasteiger partial charge in [0.2, 0.25) is 11.8 Å². The van der Waals surface area contributed by atoms with Crippen molar-refractivity contribution in [2.24, 2.45) is 5.92 Å². The Morgan fingerprint density at radius 3 is 2.24 bits per heavy atom. The highest BCUT2D eigenvalue weighted by Crippen LogP contribution is 2.16. The van der Waals surface area contributed by atoms with Crippen molar-refractivity contribution in [3.8, 4) is 0 Å². The third-order valence-electron chi connectivity index (χ3n) is 3.37. The van der Waals surface area contributed by atoms with Crippen LogP contribution in [0.3, 0.4) is 0 Å². The van der Waals surface area contributed by atoms with Gasteiger partial charge in [0.1, 0.15) is 0 Å². The molecule has 1 aliphatic heterocycles. The maximum Gasteiger partial charge on any atom is 0.241 e. The van der Waals surface area contributed by atoms with Gasteiger partial charge in [0.25, 0.3) is 0 Å². The van der Waals surface area contributed by atoms with Crippen LogP contribution in [0.15, 0.2) is 24.3 Å². The van der Waals surface area contributed by atoms with E-state index in [-0.39, 0.29) is 23.8 Å². The Hall–Kier alpha value is -1.92. The first-order valence-corrected chi connectivity index (χ1v) is 7.09. The number of β-amino-alcohol motifs (C(OH)–C–C–N with tert-alkyl or cyclic N) is 1. The van der Waals surface area contributed by atoms with Gasteiger partial charge < -0.3 is 21.1 Å². The number of hydrogen-bond donors (Lipinski definition) is 4. The molecular formula is C15H21N3O3. The van der Waals surface area contributed by atoms with Crippen LogP contribution in [0, 0.1) is 5.92 Å². The number of amides is 2. The number of aliphatic hydroxyl groups excluding tert-OH is 1. The van der Waals surface area contributed by atoms with Gasteiger partial charge in [0, 0.05) is 23.8 Å². The van der Waals surface area contributed by atoms with Crippen LogP contribution in [0.5, 0.6) is 0 Å². The van der Waals surface area contributed by atoms with Crippen LogP contribution in [0.1, 0.15) is 20.3 Å². The predicted molar refractivity (Wildman–Crippen MR) is 81.0 cm³/mol. The Morgan fingerprint density at radius 2 is 1.76 bits per heavy atom. The summed E-state index contributed by atoms with van der Waals surface area (Å²) < 4.78 is 0. The van der Waals surface area contributed by atoms with Crippen LogP contribution in [-0.2, 0) is 9.59 Å². The molecule has 2 rings (SSSR count). The molecule has 1 aromatic rings. The lowest BCUT2D eigenvalue weighted by Crippen LogP contribution is -2.35. The monoisotopic (exact) mass is 291 g/mol. The molecule has 0 saturated carbocycles. The number of carbonyl (C=O) groups excluding carboxylic acids is 2. The van der Waals surface area contributed by atoms with Gasteiger partial charge in [0.05, 0.1) is 12.1 Å². The van der Waals surface area contributed by atoms with E-state index < -0.39 is 6.10 Å². The van der Waals surface area contributed by atoms with Gasteiger partial charge in [-0.15, -0.1) is 0 Å². The van der Waals surface area contributed by atoms with Crippen LogP contribution >= 0.6 is 0 Å². The quantitative estimate of drug-likeness (QED) is 0.664. The number of nitrogens with one attached hydrogen (secondary N) is 3. The van der Waals surface area contributed by atoms with Gasteiger partial charge in [-0.1, -0.05) is 13.8 Å². The number of benzene rings is 1. The molecule has 2 amide bonds. The summed E-state index contributed by atoms with van der Waals surface area (Å²) in [5.41, 5.74) is 1.35. The number of hydrogen-bond acceptors (Lipinski definition) is 4. The number of rotatable bonds is 4. The maximum atomic E-state index is 12.0. The molecule has 0 aromatic heterocycles. The number of aliphatic hydroxyl groups is 1. The van der Waals surface area contributed by atoms with E-state index in [9.17, 15) is 14.7 Å². The van der Waals surface area contributed by atoms with Crippen molar-refractivity contribution in [3.63, 3.8) is 0 Å². The van der Waals surface area contributed by atoms with Crippen molar-refractivity contribution >= 4 is 23.2 Å². The van der Waals surface area contributed by atoms with Crippen LogP contribution in [0.2, 0.25) is 0 Å². The Labute approximate surface area is 123 Å². The third kappa shape index (κ3) is 4.27. The topological polar surface area (TPSA) is 90.5 Å². The molecule has 2 unspecified atom stereocenters. The maximum absolute atomic E-state index is 12.0. The summed E-state index contributed by atoms with van der Waals surface area (Å²) in [6.07, 6.45) is -0.0386. The molecule has 6 heteroatoms. The van der Waals surface area contributed by atoms with Gasteiger partial charge in [-0.3, -0.25) is 9.59 Å². The highest BCUT2D eigenvalue weighted by atomic mass is 16.3. The molecule has 0 bridgehead atoms. The molecule has 1 heterocycles. The zero-order chi connectivity index (χ0) is 15.4. The first-order chi connectivity index (χ1) is 9.95. The van der Waals surface area contributed by atoms with E-state index in [1.54, 1.807) is 24.3 Å². The summed E-state index contributed by atoms with van der Waals surface area (Å²) in [4.78, 5) is 23.5. The summed E-state index contributed by atoms with van der Waals surface area (Å²) in [6.45, 7) is 4.10. The van der Waals surface area contributed by atoms with E-state index in [0.29, 0.717) is 24.3 Å². The summed E-state index contributed by atoms with van der Waals surface area (Å²) in [5, 5.41) is 17.9. The van der Waals surface area contributed by atoms with Crippen molar-refractivity contribution in [1.29, 1.82) is 0 Å². The molecule has 6 nitrogen and oxygen atoms in total. The van der Waals surface area contributed by atoms with Gasteiger partial charge in [0.15, 0.2) is 0 Å². The zero-order valence-corrected chi connectivity index (χ0v) is 12.2. The second-order valence-electron chi connectivity index (χ2n) is 5.56. The molecule has 1 aliphatic rings. The third-order valence-corrected chi connectivity index (χ3v) is 3.37. The Bertz CT molecular complexity index is 513. The fraction of sp³-hybridized carbons (Fsp3) is 0.467. The molecule has 2 atom stereocenters. The number of anilines is 2. The van der Waals surface area contributed by atoms with E-state index in [2.05, 4.69) is 16.0 Å². The van der Waals surface area contributed by atoms with Crippen molar-refractivity contribution in [3.05, 3.63) is 24.3 Å². The minimum Gasteiger partial charge on any atom is -0.392 e. The highest BCUT2D eigenvalue weighted by molar-refractivity contribution is 5.96. The normalized spacial score (nSPS) is 21.3. The minimum atomic E-state index is -0.464. The largest absolute Gasteiger partial charge is 0.392 e.